The first-order chi connectivity index (χ1) is 15.4. The van der Waals surface area contributed by atoms with Crippen LogP contribution >= 0.6 is 0 Å². The quantitative estimate of drug-likeness (QED) is 0.282. The highest BCUT2D eigenvalue weighted by molar-refractivity contribution is 6.41. The molecule has 1 unspecified atom stereocenters. The van der Waals surface area contributed by atoms with Crippen molar-refractivity contribution in [2.24, 2.45) is 0 Å². The highest BCUT2D eigenvalue weighted by Gasteiger charge is 2.21. The molecule has 2 aromatic carbocycles. The first kappa shape index (κ1) is 26.0. The maximum absolute atomic E-state index is 8.91. The van der Waals surface area contributed by atoms with E-state index < -0.39 is 0 Å². The van der Waals surface area contributed by atoms with Crippen LogP contribution in [0.3, 0.4) is 0 Å². The van der Waals surface area contributed by atoms with Gasteiger partial charge in [-0.1, -0.05) is 77.4 Å². The van der Waals surface area contributed by atoms with Gasteiger partial charge < -0.3 is 10.8 Å². The molecule has 2 aromatic rings. The molecular formula is C30H44N2. The van der Waals surface area contributed by atoms with Gasteiger partial charge in [-0.05, 0) is 91.2 Å². The molecule has 32 heavy (non-hydrogen) atoms. The van der Waals surface area contributed by atoms with Crippen molar-refractivity contribution >= 4 is 11.4 Å². The van der Waals surface area contributed by atoms with Crippen LogP contribution in [0.5, 0.6) is 0 Å². The van der Waals surface area contributed by atoms with Crippen LogP contribution in [0.4, 0.5) is 0 Å². The maximum Gasteiger partial charge on any atom is 0.0596 e. The predicted molar refractivity (Wildman–Crippen MR) is 141 cm³/mol. The first-order valence-corrected chi connectivity index (χ1v) is 12.9. The topological polar surface area (TPSA) is 47.7 Å². The number of nitrogens with one attached hydrogen (secondary N) is 2. The molecule has 0 spiro atoms. The summed E-state index contributed by atoms with van der Waals surface area (Å²) in [5.41, 5.74) is 9.26. The van der Waals surface area contributed by atoms with Crippen LogP contribution in [0.1, 0.15) is 106 Å². The molecule has 0 fully saturated rings. The molecule has 174 valence electrons. The molecule has 0 saturated heterocycles. The molecule has 0 aromatic heterocycles. The summed E-state index contributed by atoms with van der Waals surface area (Å²) in [5.74, 6) is 0.0242. The monoisotopic (exact) mass is 432 g/mol. The number of unbranched alkanes of at least 4 members (excludes halogenated alkanes) is 1. The molecule has 0 saturated carbocycles. The highest BCUT2D eigenvalue weighted by atomic mass is 14.5. The van der Waals surface area contributed by atoms with Crippen LogP contribution in [0.25, 0.3) is 0 Å². The van der Waals surface area contributed by atoms with E-state index in [2.05, 4.69) is 71.0 Å². The van der Waals surface area contributed by atoms with Gasteiger partial charge in [0.15, 0.2) is 0 Å². The molecule has 0 aliphatic heterocycles. The van der Waals surface area contributed by atoms with Crippen molar-refractivity contribution in [2.75, 3.05) is 0 Å². The van der Waals surface area contributed by atoms with Gasteiger partial charge in [-0.25, -0.2) is 0 Å². The van der Waals surface area contributed by atoms with Crippen LogP contribution in [0.2, 0.25) is 0 Å². The number of hydrogen-bond donors (Lipinski definition) is 2. The number of rotatable bonds is 14. The van der Waals surface area contributed by atoms with E-state index in [-0.39, 0.29) is 5.92 Å². The van der Waals surface area contributed by atoms with Crippen molar-refractivity contribution in [3.8, 4) is 0 Å². The number of hydrogen-bond acceptors (Lipinski definition) is 2. The zero-order chi connectivity index (χ0) is 23.5. The smallest absolute Gasteiger partial charge is 0.0596 e. The Labute approximate surface area is 196 Å². The fraction of sp³-hybridized carbons (Fsp3) is 0.533. The van der Waals surface area contributed by atoms with E-state index in [9.17, 15) is 0 Å². The number of benzene rings is 2. The van der Waals surface area contributed by atoms with E-state index in [1.54, 1.807) is 0 Å². The summed E-state index contributed by atoms with van der Waals surface area (Å²) in [4.78, 5) is 0. The van der Waals surface area contributed by atoms with Crippen molar-refractivity contribution in [1.29, 1.82) is 10.8 Å². The third-order valence-corrected chi connectivity index (χ3v) is 6.63. The molecule has 0 radical (unpaired) electrons. The van der Waals surface area contributed by atoms with Gasteiger partial charge in [0.25, 0.3) is 0 Å². The van der Waals surface area contributed by atoms with Gasteiger partial charge in [0.05, 0.1) is 11.4 Å². The lowest BCUT2D eigenvalue weighted by Gasteiger charge is -2.21. The normalized spacial score (nSPS) is 12.0. The molecule has 0 aliphatic carbocycles. The van der Waals surface area contributed by atoms with Crippen molar-refractivity contribution in [1.82, 2.24) is 0 Å². The standard InChI is InChI=1S/C30H44N2/c1-6-11-15-29(31)30(32)28(27-20-24(9-4)17-25(10-5)21-27)14-12-13-26-18-22(7-2)16-23(8-3)19-26/h16-21,28,31-32H,6-15H2,1-5H3. The van der Waals surface area contributed by atoms with Crippen LogP contribution in [-0.4, -0.2) is 11.4 Å². The molecule has 0 bridgehead atoms. The summed E-state index contributed by atoms with van der Waals surface area (Å²) >= 11 is 0. The highest BCUT2D eigenvalue weighted by Crippen LogP contribution is 2.28. The van der Waals surface area contributed by atoms with E-state index in [4.69, 9.17) is 10.8 Å². The maximum atomic E-state index is 8.91. The van der Waals surface area contributed by atoms with Gasteiger partial charge in [-0.3, -0.25) is 0 Å². The zero-order valence-electron chi connectivity index (χ0n) is 21.1. The van der Waals surface area contributed by atoms with Crippen LogP contribution in [0, 0.1) is 10.8 Å². The molecule has 0 heterocycles. The molecule has 0 amide bonds. The molecule has 2 rings (SSSR count). The first-order valence-electron chi connectivity index (χ1n) is 12.9. The van der Waals surface area contributed by atoms with E-state index in [1.807, 2.05) is 0 Å². The van der Waals surface area contributed by atoms with Gasteiger partial charge in [-0.15, -0.1) is 0 Å². The third-order valence-electron chi connectivity index (χ3n) is 6.63. The summed E-state index contributed by atoms with van der Waals surface area (Å²) in [6.45, 7) is 11.0. The van der Waals surface area contributed by atoms with Gasteiger partial charge in [-0.2, -0.15) is 0 Å². The minimum atomic E-state index is 0.0242. The van der Waals surface area contributed by atoms with Crippen molar-refractivity contribution in [3.05, 3.63) is 69.8 Å². The third kappa shape index (κ3) is 7.43. The van der Waals surface area contributed by atoms with Gasteiger partial charge >= 0.3 is 0 Å². The Morgan fingerprint density at radius 2 is 1.12 bits per heavy atom. The number of aryl methyl sites for hydroxylation is 5. The average molecular weight is 433 g/mol. The Morgan fingerprint density at radius 1 is 0.656 bits per heavy atom. The van der Waals surface area contributed by atoms with E-state index >= 15 is 0 Å². The van der Waals surface area contributed by atoms with Crippen molar-refractivity contribution in [3.63, 3.8) is 0 Å². The second-order valence-corrected chi connectivity index (χ2v) is 9.10. The fourth-order valence-electron chi connectivity index (χ4n) is 4.48. The van der Waals surface area contributed by atoms with Crippen LogP contribution < -0.4 is 0 Å². The Kier molecular flexibility index (Phi) is 10.9. The van der Waals surface area contributed by atoms with Gasteiger partial charge in [0, 0.05) is 5.92 Å². The Morgan fingerprint density at radius 3 is 1.59 bits per heavy atom. The molecular weight excluding hydrogens is 388 g/mol. The molecule has 2 nitrogen and oxygen atoms in total. The lowest BCUT2D eigenvalue weighted by atomic mass is 9.83. The second kappa shape index (κ2) is 13.4. The van der Waals surface area contributed by atoms with E-state index in [0.29, 0.717) is 11.4 Å². The fourth-order valence-corrected chi connectivity index (χ4v) is 4.48. The van der Waals surface area contributed by atoms with Crippen LogP contribution in [0.15, 0.2) is 36.4 Å². The summed E-state index contributed by atoms with van der Waals surface area (Å²) in [6, 6.07) is 13.9. The lowest BCUT2D eigenvalue weighted by molar-refractivity contribution is 0.694. The van der Waals surface area contributed by atoms with E-state index in [1.165, 1.54) is 33.4 Å². The van der Waals surface area contributed by atoms with Crippen LogP contribution in [-0.2, 0) is 32.1 Å². The summed E-state index contributed by atoms with van der Waals surface area (Å²) < 4.78 is 0. The minimum Gasteiger partial charge on any atom is -0.303 e. The minimum absolute atomic E-state index is 0.0242. The Bertz CT molecular complexity index is 849. The second-order valence-electron chi connectivity index (χ2n) is 9.10. The molecule has 1 atom stereocenters. The molecule has 2 heteroatoms. The van der Waals surface area contributed by atoms with Gasteiger partial charge in [0.1, 0.15) is 0 Å². The SMILES string of the molecule is CCCCC(=N)C(=N)C(CCCc1cc(CC)cc(CC)c1)c1cc(CC)cc(CC)c1. The molecule has 2 N–H and O–H groups in total. The van der Waals surface area contributed by atoms with Crippen molar-refractivity contribution in [2.45, 2.75) is 105 Å². The van der Waals surface area contributed by atoms with Gasteiger partial charge in [0.2, 0.25) is 0 Å². The average Bonchev–Trinajstić information content (AvgIpc) is 2.83. The Balaban J connectivity index is 2.26. The summed E-state index contributed by atoms with van der Waals surface area (Å²) in [6.07, 6.45) is 9.98. The largest absolute Gasteiger partial charge is 0.303 e. The van der Waals surface area contributed by atoms with Crippen molar-refractivity contribution < 1.29 is 0 Å². The summed E-state index contributed by atoms with van der Waals surface area (Å²) in [5, 5.41) is 17.5. The predicted octanol–water partition coefficient (Wildman–Crippen LogP) is 8.27. The van der Waals surface area contributed by atoms with E-state index in [0.717, 1.165) is 64.2 Å². The Hall–Kier alpha value is -2.22. The lowest BCUT2D eigenvalue weighted by Crippen LogP contribution is -2.21. The zero-order valence-corrected chi connectivity index (χ0v) is 21.1. The molecule has 0 aliphatic rings. The summed E-state index contributed by atoms with van der Waals surface area (Å²) in [7, 11) is 0.